The summed E-state index contributed by atoms with van der Waals surface area (Å²) >= 11 is 0. The van der Waals surface area contributed by atoms with E-state index in [-0.39, 0.29) is 32.0 Å². The predicted octanol–water partition coefficient (Wildman–Crippen LogP) is 12.5. The van der Waals surface area contributed by atoms with Gasteiger partial charge >= 0.3 is 19.8 Å². The minimum atomic E-state index is -4.39. The first-order valence-corrected chi connectivity index (χ1v) is 23.5. The molecule has 0 aromatic carbocycles. The third kappa shape index (κ3) is 41.3. The molecule has 0 aromatic heterocycles. The van der Waals surface area contributed by atoms with Gasteiger partial charge in [0.2, 0.25) is 0 Å². The van der Waals surface area contributed by atoms with Crippen molar-refractivity contribution in [2.45, 2.75) is 174 Å². The molecule has 0 aliphatic carbocycles. The SMILES string of the molecule is C=CCCCCCCCCCCCCCCCC(=O)OC[C@H](COP(=O)(O)OCC[N+](C)(C)C)OC(=O)CCCCC/C=C/C/C=C/C/C=C/C/C=C/CCC. The average Bonchev–Trinajstić information content (AvgIpc) is 3.15. The summed E-state index contributed by atoms with van der Waals surface area (Å²) in [6.45, 7) is 5.83. The van der Waals surface area contributed by atoms with Crippen molar-refractivity contribution in [1.29, 1.82) is 0 Å². The molecular weight excluding hydrogens is 725 g/mol. The number of rotatable bonds is 40. The van der Waals surface area contributed by atoms with Crippen molar-refractivity contribution in [1.82, 2.24) is 0 Å². The number of carbonyl (C=O) groups excluding carboxylic acids is 2. The van der Waals surface area contributed by atoms with Crippen LogP contribution in [0.15, 0.2) is 61.3 Å². The molecule has 1 N–H and O–H groups in total. The molecule has 0 spiro atoms. The van der Waals surface area contributed by atoms with Crippen LogP contribution >= 0.6 is 7.82 Å². The van der Waals surface area contributed by atoms with Gasteiger partial charge in [0.05, 0.1) is 27.7 Å². The monoisotopic (exact) mass is 809 g/mol. The summed E-state index contributed by atoms with van der Waals surface area (Å²) in [5, 5.41) is 0. The number of hydrogen-bond acceptors (Lipinski definition) is 7. The second-order valence-electron chi connectivity index (χ2n) is 15.8. The van der Waals surface area contributed by atoms with E-state index in [0.29, 0.717) is 17.4 Å². The van der Waals surface area contributed by atoms with E-state index in [2.05, 4.69) is 62.1 Å². The van der Waals surface area contributed by atoms with Crippen LogP contribution < -0.4 is 0 Å². The Morgan fingerprint density at radius 2 is 1.05 bits per heavy atom. The zero-order chi connectivity index (χ0) is 41.4. The van der Waals surface area contributed by atoms with E-state index >= 15 is 0 Å². The van der Waals surface area contributed by atoms with Gasteiger partial charge in [0.1, 0.15) is 19.8 Å². The molecule has 9 nitrogen and oxygen atoms in total. The highest BCUT2D eigenvalue weighted by atomic mass is 31.2. The lowest BCUT2D eigenvalue weighted by atomic mass is 10.0. The van der Waals surface area contributed by atoms with E-state index in [1.165, 1.54) is 70.6 Å². The minimum absolute atomic E-state index is 0.0225. The van der Waals surface area contributed by atoms with E-state index in [4.69, 9.17) is 18.5 Å². The molecule has 0 aliphatic heterocycles. The Morgan fingerprint density at radius 3 is 1.57 bits per heavy atom. The van der Waals surface area contributed by atoms with E-state index in [1.54, 1.807) is 0 Å². The smallest absolute Gasteiger partial charge is 0.462 e. The van der Waals surface area contributed by atoms with Gasteiger partial charge in [-0.3, -0.25) is 18.6 Å². The molecule has 0 amide bonds. The summed E-state index contributed by atoms with van der Waals surface area (Å²) in [6, 6.07) is 0. The molecule has 0 bridgehead atoms. The third-order valence-electron chi connectivity index (χ3n) is 9.15. The molecule has 324 valence electrons. The molecule has 0 saturated carbocycles. The van der Waals surface area contributed by atoms with Crippen LogP contribution in [0.2, 0.25) is 0 Å². The highest BCUT2D eigenvalue weighted by molar-refractivity contribution is 7.47. The lowest BCUT2D eigenvalue weighted by molar-refractivity contribution is -0.870. The Morgan fingerprint density at radius 1 is 0.607 bits per heavy atom. The largest absolute Gasteiger partial charge is 0.472 e. The lowest BCUT2D eigenvalue weighted by Crippen LogP contribution is -2.37. The predicted molar refractivity (Wildman–Crippen MR) is 233 cm³/mol. The Kier molecular flexibility index (Phi) is 36.7. The second-order valence-corrected chi connectivity index (χ2v) is 17.3. The summed E-state index contributed by atoms with van der Waals surface area (Å²) in [6.07, 6.45) is 44.4. The first-order chi connectivity index (χ1) is 27.0. The molecule has 0 aliphatic rings. The maximum absolute atomic E-state index is 12.7. The molecule has 0 rings (SSSR count). The number of hydrogen-bond donors (Lipinski definition) is 1. The van der Waals surface area contributed by atoms with Crippen LogP contribution in [-0.2, 0) is 32.7 Å². The number of carbonyl (C=O) groups is 2. The van der Waals surface area contributed by atoms with Crippen molar-refractivity contribution in [2.24, 2.45) is 0 Å². The normalized spacial score (nSPS) is 13.9. The molecular formula is C46H83NO8P+. The molecule has 0 saturated heterocycles. The fraction of sp³-hybridized carbons (Fsp3) is 0.739. The second kappa shape index (κ2) is 38.2. The van der Waals surface area contributed by atoms with Gasteiger partial charge in [0, 0.05) is 12.8 Å². The van der Waals surface area contributed by atoms with Crippen molar-refractivity contribution in [2.75, 3.05) is 47.5 Å². The highest BCUT2D eigenvalue weighted by Gasteiger charge is 2.27. The van der Waals surface area contributed by atoms with Crippen LogP contribution in [0.3, 0.4) is 0 Å². The third-order valence-corrected chi connectivity index (χ3v) is 10.1. The molecule has 10 heteroatoms. The average molecular weight is 809 g/mol. The fourth-order valence-corrected chi connectivity index (χ4v) is 6.43. The van der Waals surface area contributed by atoms with Crippen LogP contribution in [-0.4, -0.2) is 74.9 Å². The Bertz CT molecular complexity index is 1130. The van der Waals surface area contributed by atoms with E-state index in [0.717, 1.165) is 70.6 Å². The van der Waals surface area contributed by atoms with Crippen LogP contribution in [0, 0.1) is 0 Å². The summed E-state index contributed by atoms with van der Waals surface area (Å²) in [5.41, 5.74) is 0. The number of esters is 2. The van der Waals surface area contributed by atoms with Gasteiger partial charge < -0.3 is 18.9 Å². The lowest BCUT2D eigenvalue weighted by Gasteiger charge is -2.24. The zero-order valence-electron chi connectivity index (χ0n) is 36.2. The number of quaternary nitrogens is 1. The first-order valence-electron chi connectivity index (χ1n) is 22.0. The Labute approximate surface area is 343 Å². The Hall–Kier alpha value is -2.29. The minimum Gasteiger partial charge on any atom is -0.462 e. The van der Waals surface area contributed by atoms with Gasteiger partial charge in [-0.05, 0) is 64.2 Å². The number of allylic oxidation sites excluding steroid dienone is 9. The van der Waals surface area contributed by atoms with Gasteiger partial charge in [0.25, 0.3) is 0 Å². The number of ether oxygens (including phenoxy) is 2. The molecule has 1 unspecified atom stereocenters. The summed E-state index contributed by atoms with van der Waals surface area (Å²) < 4.78 is 34.3. The van der Waals surface area contributed by atoms with E-state index in [1.807, 2.05) is 27.2 Å². The van der Waals surface area contributed by atoms with Crippen LogP contribution in [0.1, 0.15) is 167 Å². The van der Waals surface area contributed by atoms with Gasteiger partial charge in [-0.1, -0.05) is 145 Å². The van der Waals surface area contributed by atoms with Crippen molar-refractivity contribution in [3.8, 4) is 0 Å². The highest BCUT2D eigenvalue weighted by Crippen LogP contribution is 2.43. The number of phosphoric acid groups is 1. The van der Waals surface area contributed by atoms with Crippen molar-refractivity contribution >= 4 is 19.8 Å². The van der Waals surface area contributed by atoms with Crippen LogP contribution in [0.4, 0.5) is 0 Å². The number of likely N-dealkylation sites (N-methyl/N-ethyl adjacent to an activating group) is 1. The summed E-state index contributed by atoms with van der Waals surface area (Å²) in [7, 11) is 1.44. The fourth-order valence-electron chi connectivity index (χ4n) is 5.69. The van der Waals surface area contributed by atoms with E-state index < -0.39 is 26.5 Å². The van der Waals surface area contributed by atoms with Crippen LogP contribution in [0.5, 0.6) is 0 Å². The number of phosphoric ester groups is 1. The Balaban J connectivity index is 4.41. The number of nitrogens with zero attached hydrogens (tertiary/aromatic N) is 1. The van der Waals surface area contributed by atoms with Crippen molar-refractivity contribution in [3.63, 3.8) is 0 Å². The molecule has 2 atom stereocenters. The topological polar surface area (TPSA) is 108 Å². The number of unbranched alkanes of at least 4 members (excludes halogenated alkanes) is 17. The maximum Gasteiger partial charge on any atom is 0.472 e. The summed E-state index contributed by atoms with van der Waals surface area (Å²) in [5.74, 6) is -0.840. The molecule has 0 fully saturated rings. The van der Waals surface area contributed by atoms with Gasteiger partial charge in [-0.25, -0.2) is 4.57 Å². The van der Waals surface area contributed by atoms with Crippen LogP contribution in [0.25, 0.3) is 0 Å². The summed E-state index contributed by atoms with van der Waals surface area (Å²) in [4.78, 5) is 35.4. The molecule has 56 heavy (non-hydrogen) atoms. The molecule has 0 radical (unpaired) electrons. The maximum atomic E-state index is 12.7. The molecule has 0 heterocycles. The van der Waals surface area contributed by atoms with Gasteiger partial charge in [0.15, 0.2) is 6.10 Å². The quantitative estimate of drug-likeness (QED) is 0.0214. The van der Waals surface area contributed by atoms with Crippen molar-refractivity contribution < 1.29 is 42.1 Å². The van der Waals surface area contributed by atoms with Crippen molar-refractivity contribution in [3.05, 3.63) is 61.3 Å². The first kappa shape index (κ1) is 53.7. The standard InChI is InChI=1S/C46H82NO8P/c1-6-8-10-12-14-16-18-20-22-23-25-27-29-31-33-35-37-39-46(49)55-44(43-54-56(50,51)53-41-40-47(3,4)5)42-52-45(48)38-36-34-32-30-28-26-24-21-19-17-15-13-11-9-7-2/h7,10,12,16,18,22-23,27,29,44H,2,6,8-9,11,13-15,17,19-21,24-26,28,30-43H2,1,3-5H3/p+1/b12-10+,18-16+,23-22+,29-27+/t44-/m1/s1. The molecule has 0 aromatic rings. The zero-order valence-corrected chi connectivity index (χ0v) is 37.1. The van der Waals surface area contributed by atoms with Gasteiger partial charge in [-0.2, -0.15) is 0 Å². The van der Waals surface area contributed by atoms with E-state index in [9.17, 15) is 19.0 Å². The van der Waals surface area contributed by atoms with Gasteiger partial charge in [-0.15, -0.1) is 6.58 Å².